The third-order valence-corrected chi connectivity index (χ3v) is 7.73. The second-order valence-corrected chi connectivity index (χ2v) is 9.78. The van der Waals surface area contributed by atoms with E-state index in [2.05, 4.69) is 0 Å². The lowest BCUT2D eigenvalue weighted by atomic mass is 9.83. The van der Waals surface area contributed by atoms with Gasteiger partial charge in [0.25, 0.3) is 5.69 Å². The Hall–Kier alpha value is -5.12. The molecule has 10 heteroatoms. The molecule has 3 aromatic carbocycles. The molecular formula is C30H23N3O7. The van der Waals surface area contributed by atoms with E-state index in [1.807, 2.05) is 30.3 Å². The van der Waals surface area contributed by atoms with Crippen molar-refractivity contribution in [3.05, 3.63) is 111 Å². The molecule has 3 heterocycles. The van der Waals surface area contributed by atoms with Crippen LogP contribution in [0.5, 0.6) is 0 Å². The Balaban J connectivity index is 1.41. The molecule has 200 valence electrons. The van der Waals surface area contributed by atoms with Crippen LogP contribution in [0.1, 0.15) is 44.8 Å². The number of amides is 2. The number of carbonyl (C=O) groups is 4. The topological polar surface area (TPSA) is 127 Å². The lowest BCUT2D eigenvalue weighted by Crippen LogP contribution is -2.44. The highest BCUT2D eigenvalue weighted by Crippen LogP contribution is 2.53. The molecule has 0 spiro atoms. The molecule has 3 aliphatic rings. The van der Waals surface area contributed by atoms with E-state index in [1.165, 1.54) is 48.5 Å². The Kier molecular flexibility index (Phi) is 6.02. The number of ether oxygens (including phenoxy) is 1. The number of nitro groups is 1. The van der Waals surface area contributed by atoms with Gasteiger partial charge in [-0.05, 0) is 60.5 Å². The van der Waals surface area contributed by atoms with Gasteiger partial charge in [-0.25, -0.2) is 9.69 Å². The average Bonchev–Trinajstić information content (AvgIpc) is 3.45. The van der Waals surface area contributed by atoms with Crippen LogP contribution in [-0.4, -0.2) is 46.0 Å². The van der Waals surface area contributed by atoms with Crippen LogP contribution in [0.25, 0.3) is 6.08 Å². The van der Waals surface area contributed by atoms with Gasteiger partial charge in [0, 0.05) is 23.9 Å². The number of hydrogen-bond donors (Lipinski definition) is 0. The molecule has 0 aliphatic carbocycles. The summed E-state index contributed by atoms with van der Waals surface area (Å²) in [6.07, 6.45) is 3.60. The smallest absolute Gasteiger partial charge is 0.338 e. The van der Waals surface area contributed by atoms with Crippen molar-refractivity contribution in [3.8, 4) is 0 Å². The van der Waals surface area contributed by atoms with Crippen molar-refractivity contribution in [3.63, 3.8) is 0 Å². The van der Waals surface area contributed by atoms with Crippen molar-refractivity contribution in [1.29, 1.82) is 0 Å². The number of carbonyl (C=O) groups excluding carboxylic acids is 4. The van der Waals surface area contributed by atoms with Gasteiger partial charge in [-0.15, -0.1) is 0 Å². The normalized spacial score (nSPS) is 22.5. The van der Waals surface area contributed by atoms with Crippen molar-refractivity contribution in [1.82, 2.24) is 4.90 Å². The van der Waals surface area contributed by atoms with Crippen molar-refractivity contribution in [2.24, 2.45) is 11.8 Å². The summed E-state index contributed by atoms with van der Waals surface area (Å²) in [5.74, 6) is -3.69. The number of ketones is 1. The molecule has 4 atom stereocenters. The molecule has 3 aromatic rings. The van der Waals surface area contributed by atoms with Crippen LogP contribution >= 0.6 is 0 Å². The predicted molar refractivity (Wildman–Crippen MR) is 143 cm³/mol. The number of non-ortho nitro benzene ring substituents is 1. The lowest BCUT2D eigenvalue weighted by Gasteiger charge is -2.35. The van der Waals surface area contributed by atoms with Gasteiger partial charge in [-0.2, -0.15) is 0 Å². The summed E-state index contributed by atoms with van der Waals surface area (Å²) < 4.78 is 5.02. The first-order valence-electron chi connectivity index (χ1n) is 12.8. The highest BCUT2D eigenvalue weighted by atomic mass is 16.6. The van der Waals surface area contributed by atoms with Crippen molar-refractivity contribution in [2.75, 3.05) is 11.5 Å². The zero-order valence-electron chi connectivity index (χ0n) is 21.3. The number of Topliss-reactive ketones (excluding diaryl/α,β-unsaturated/α-hetero) is 1. The molecule has 40 heavy (non-hydrogen) atoms. The van der Waals surface area contributed by atoms with Crippen LogP contribution in [0, 0.1) is 22.0 Å². The standard InChI is InChI=1S/C30H23N3O7/c1-2-40-30(37)19-9-11-20(12-10-19)32-28(35)23-24(29(32)36)26(27(34)18-7-13-21(14-8-18)33(38)39)31-16-15-17-5-3-4-6-22(17)25(23)31/h3-16,23-26H,2H2,1H3/t23-,24+,25+,26-/m0/s1. The molecule has 2 saturated heterocycles. The van der Waals surface area contributed by atoms with Gasteiger partial charge in [0.05, 0.1) is 40.7 Å². The number of fused-ring (bicyclic) bond motifs is 5. The van der Waals surface area contributed by atoms with Gasteiger partial charge >= 0.3 is 5.97 Å². The maximum absolute atomic E-state index is 14.0. The van der Waals surface area contributed by atoms with E-state index in [9.17, 15) is 29.3 Å². The first-order valence-corrected chi connectivity index (χ1v) is 12.8. The highest BCUT2D eigenvalue weighted by Gasteiger charge is 2.64. The number of esters is 1. The van der Waals surface area contributed by atoms with Crippen molar-refractivity contribution >= 4 is 41.0 Å². The molecule has 6 rings (SSSR count). The minimum absolute atomic E-state index is 0.157. The molecule has 0 N–H and O–H groups in total. The second kappa shape index (κ2) is 9.57. The molecule has 2 amide bonds. The SMILES string of the molecule is CCOC(=O)c1ccc(N2C(=O)[C@@H]3[C@H](C2=O)[C@H]2c4ccccc4C=CN2[C@@H]3C(=O)c2ccc([N+](=O)[O-])cc2)cc1. The minimum atomic E-state index is -0.999. The van der Waals surface area contributed by atoms with E-state index >= 15 is 0 Å². The van der Waals surface area contributed by atoms with Gasteiger partial charge in [0.15, 0.2) is 5.78 Å². The third-order valence-electron chi connectivity index (χ3n) is 7.73. The maximum atomic E-state index is 14.0. The van der Waals surface area contributed by atoms with E-state index in [1.54, 1.807) is 18.0 Å². The third kappa shape index (κ3) is 3.79. The molecule has 2 fully saturated rings. The van der Waals surface area contributed by atoms with Gasteiger partial charge in [0.1, 0.15) is 6.04 Å². The molecule has 3 aliphatic heterocycles. The molecule has 0 bridgehead atoms. The molecule has 0 aromatic heterocycles. The van der Waals surface area contributed by atoms with Crippen LogP contribution in [0.4, 0.5) is 11.4 Å². The number of anilines is 1. The fourth-order valence-corrected chi connectivity index (χ4v) is 5.99. The average molecular weight is 538 g/mol. The lowest BCUT2D eigenvalue weighted by molar-refractivity contribution is -0.384. The van der Waals surface area contributed by atoms with Gasteiger partial charge in [-0.1, -0.05) is 24.3 Å². The first kappa shape index (κ1) is 25.2. The number of imide groups is 1. The van der Waals surface area contributed by atoms with E-state index in [-0.39, 0.29) is 23.4 Å². The molecular weight excluding hydrogens is 514 g/mol. The van der Waals surface area contributed by atoms with Gasteiger partial charge < -0.3 is 9.64 Å². The van der Waals surface area contributed by atoms with Crippen LogP contribution in [0.3, 0.4) is 0 Å². The minimum Gasteiger partial charge on any atom is -0.462 e. The number of nitro benzene ring substituents is 1. The molecule has 0 unspecified atom stereocenters. The molecule has 0 radical (unpaired) electrons. The zero-order chi connectivity index (χ0) is 28.1. The fraction of sp³-hybridized carbons (Fsp3) is 0.200. The van der Waals surface area contributed by atoms with Crippen LogP contribution in [-0.2, 0) is 14.3 Å². The maximum Gasteiger partial charge on any atom is 0.338 e. The van der Waals surface area contributed by atoms with Crippen LogP contribution in [0.2, 0.25) is 0 Å². The Morgan fingerprint density at radius 1 is 0.900 bits per heavy atom. The van der Waals surface area contributed by atoms with Crippen LogP contribution in [0.15, 0.2) is 79.0 Å². The quantitative estimate of drug-likeness (QED) is 0.151. The summed E-state index contributed by atoms with van der Waals surface area (Å²) in [5, 5.41) is 11.1. The summed E-state index contributed by atoms with van der Waals surface area (Å²) in [6, 6.07) is 17.2. The largest absolute Gasteiger partial charge is 0.462 e. The van der Waals surface area contributed by atoms with Crippen molar-refractivity contribution in [2.45, 2.75) is 19.0 Å². The number of hydrogen-bond acceptors (Lipinski definition) is 8. The van der Waals surface area contributed by atoms with E-state index in [0.717, 1.165) is 16.0 Å². The van der Waals surface area contributed by atoms with Crippen LogP contribution < -0.4 is 4.90 Å². The van der Waals surface area contributed by atoms with Gasteiger partial charge in [-0.3, -0.25) is 24.5 Å². The Labute approximate surface area is 228 Å². The summed E-state index contributed by atoms with van der Waals surface area (Å²) in [5.41, 5.74) is 2.36. The van der Waals surface area contributed by atoms with E-state index in [0.29, 0.717) is 5.69 Å². The predicted octanol–water partition coefficient (Wildman–Crippen LogP) is 4.17. The Bertz CT molecular complexity index is 1600. The first-order chi connectivity index (χ1) is 19.3. The molecule has 0 saturated carbocycles. The fourth-order valence-electron chi connectivity index (χ4n) is 5.99. The van der Waals surface area contributed by atoms with E-state index in [4.69, 9.17) is 4.74 Å². The second-order valence-electron chi connectivity index (χ2n) is 9.78. The number of rotatable bonds is 6. The van der Waals surface area contributed by atoms with E-state index < -0.39 is 52.4 Å². The summed E-state index contributed by atoms with van der Waals surface area (Å²) in [7, 11) is 0. The molecule has 10 nitrogen and oxygen atoms in total. The Morgan fingerprint density at radius 2 is 1.55 bits per heavy atom. The number of benzene rings is 3. The zero-order valence-corrected chi connectivity index (χ0v) is 21.3. The summed E-state index contributed by atoms with van der Waals surface area (Å²) in [6.45, 7) is 1.91. The van der Waals surface area contributed by atoms with Crippen molar-refractivity contribution < 1.29 is 28.8 Å². The summed E-state index contributed by atoms with van der Waals surface area (Å²) >= 11 is 0. The van der Waals surface area contributed by atoms with Gasteiger partial charge in [0.2, 0.25) is 11.8 Å². The monoisotopic (exact) mass is 537 g/mol. The summed E-state index contributed by atoms with van der Waals surface area (Å²) in [4.78, 5) is 67.4. The highest BCUT2D eigenvalue weighted by molar-refractivity contribution is 6.24. The Morgan fingerprint density at radius 3 is 2.23 bits per heavy atom. The number of nitrogens with zero attached hydrogens (tertiary/aromatic N) is 3.